The van der Waals surface area contributed by atoms with E-state index in [1.165, 1.54) is 19.5 Å². The van der Waals surface area contributed by atoms with Gasteiger partial charge in [-0.2, -0.15) is 0 Å². The number of nitrogens with zero attached hydrogens (tertiary/aromatic N) is 2. The van der Waals surface area contributed by atoms with Crippen LogP contribution in [0.1, 0.15) is 27.2 Å². The molecule has 3 heterocycles. The average molecular weight is 212 g/mol. The first kappa shape index (κ1) is 11.4. The smallest absolute Gasteiger partial charge is 0.0468 e. The molecule has 0 amide bonds. The summed E-state index contributed by atoms with van der Waals surface area (Å²) in [6.45, 7) is 10.5. The van der Waals surface area contributed by atoms with Gasteiger partial charge in [0, 0.05) is 44.4 Å². The number of fused-ring (bicyclic) bond motifs is 2. The van der Waals surface area contributed by atoms with Gasteiger partial charge in [0.2, 0.25) is 0 Å². The largest absolute Gasteiger partial charge is 0.396 e. The van der Waals surface area contributed by atoms with Crippen LogP contribution in [0.2, 0.25) is 0 Å². The molecule has 3 saturated heterocycles. The fourth-order valence-electron chi connectivity index (χ4n) is 3.22. The maximum absolute atomic E-state index is 9.05. The standard InChI is InChI=1S/C12H24N2O/c1-9(2)14-11-4-12(14)7-13(6-11)5-10(3)8-15/h9-12,15H,4-8H2,1-3H3. The van der Waals surface area contributed by atoms with E-state index in [9.17, 15) is 0 Å². The summed E-state index contributed by atoms with van der Waals surface area (Å²) in [6, 6.07) is 2.27. The van der Waals surface area contributed by atoms with Crippen LogP contribution in [0.15, 0.2) is 0 Å². The summed E-state index contributed by atoms with van der Waals surface area (Å²) in [7, 11) is 0. The predicted molar refractivity (Wildman–Crippen MR) is 61.9 cm³/mol. The minimum Gasteiger partial charge on any atom is -0.396 e. The molecule has 0 aromatic carbocycles. The number of hydrogen-bond acceptors (Lipinski definition) is 3. The SMILES string of the molecule is CC(CO)CN1CC2CC(C1)N2C(C)C. The highest BCUT2D eigenvalue weighted by molar-refractivity contribution is 5.02. The van der Waals surface area contributed by atoms with Crippen molar-refractivity contribution in [2.75, 3.05) is 26.2 Å². The lowest BCUT2D eigenvalue weighted by atomic mass is 9.85. The van der Waals surface area contributed by atoms with Gasteiger partial charge in [0.25, 0.3) is 0 Å². The summed E-state index contributed by atoms with van der Waals surface area (Å²) in [6.07, 6.45) is 1.39. The van der Waals surface area contributed by atoms with Gasteiger partial charge in [-0.3, -0.25) is 9.80 Å². The zero-order valence-electron chi connectivity index (χ0n) is 10.2. The first-order valence-corrected chi connectivity index (χ1v) is 6.22. The molecule has 1 N–H and O–H groups in total. The van der Waals surface area contributed by atoms with E-state index in [0.29, 0.717) is 18.6 Å². The first-order valence-electron chi connectivity index (χ1n) is 6.22. The molecule has 3 atom stereocenters. The van der Waals surface area contributed by atoms with E-state index in [1.807, 2.05) is 0 Å². The first-order chi connectivity index (χ1) is 7.11. The second-order valence-corrected chi connectivity index (χ2v) is 5.59. The number of rotatable bonds is 4. The van der Waals surface area contributed by atoms with Crippen LogP contribution in [-0.4, -0.2) is 59.3 Å². The summed E-state index contributed by atoms with van der Waals surface area (Å²) >= 11 is 0. The van der Waals surface area contributed by atoms with Crippen molar-refractivity contribution in [1.29, 1.82) is 0 Å². The van der Waals surface area contributed by atoms with E-state index in [0.717, 1.165) is 18.6 Å². The minimum atomic E-state index is 0.319. The summed E-state index contributed by atoms with van der Waals surface area (Å²) in [5.41, 5.74) is 0. The van der Waals surface area contributed by atoms with Gasteiger partial charge >= 0.3 is 0 Å². The van der Waals surface area contributed by atoms with Crippen molar-refractivity contribution in [2.45, 2.75) is 45.3 Å². The molecule has 3 unspecified atom stereocenters. The molecule has 2 bridgehead atoms. The van der Waals surface area contributed by atoms with Crippen LogP contribution < -0.4 is 0 Å². The molecule has 0 aliphatic carbocycles. The lowest BCUT2D eigenvalue weighted by molar-refractivity contribution is -0.0914. The Hall–Kier alpha value is -0.120. The van der Waals surface area contributed by atoms with Gasteiger partial charge in [-0.15, -0.1) is 0 Å². The van der Waals surface area contributed by atoms with Gasteiger partial charge in [0.15, 0.2) is 0 Å². The molecule has 3 heteroatoms. The van der Waals surface area contributed by atoms with Crippen molar-refractivity contribution in [3.05, 3.63) is 0 Å². The van der Waals surface area contributed by atoms with Gasteiger partial charge in [-0.25, -0.2) is 0 Å². The topological polar surface area (TPSA) is 26.7 Å². The highest BCUT2D eigenvalue weighted by atomic mass is 16.3. The zero-order chi connectivity index (χ0) is 11.0. The molecular weight excluding hydrogens is 188 g/mol. The van der Waals surface area contributed by atoms with Crippen LogP contribution in [-0.2, 0) is 0 Å². The van der Waals surface area contributed by atoms with Crippen molar-refractivity contribution >= 4 is 0 Å². The number of aliphatic hydroxyl groups excluding tert-OH is 1. The Labute approximate surface area is 93.1 Å². The number of aliphatic hydroxyl groups is 1. The molecule has 0 aromatic heterocycles. The zero-order valence-corrected chi connectivity index (χ0v) is 10.2. The molecule has 15 heavy (non-hydrogen) atoms. The molecule has 3 rings (SSSR count). The summed E-state index contributed by atoms with van der Waals surface area (Å²) in [5, 5.41) is 9.05. The average Bonchev–Trinajstić information content (AvgIpc) is 2.16. The van der Waals surface area contributed by atoms with Gasteiger partial charge < -0.3 is 5.11 Å². The van der Waals surface area contributed by atoms with Crippen LogP contribution in [0, 0.1) is 5.92 Å². The van der Waals surface area contributed by atoms with Crippen LogP contribution in [0.25, 0.3) is 0 Å². The lowest BCUT2D eigenvalue weighted by Gasteiger charge is -2.58. The fraction of sp³-hybridized carbons (Fsp3) is 1.00. The van der Waals surface area contributed by atoms with Crippen molar-refractivity contribution in [3.8, 4) is 0 Å². The van der Waals surface area contributed by atoms with E-state index in [2.05, 4.69) is 30.6 Å². The summed E-state index contributed by atoms with van der Waals surface area (Å²) in [4.78, 5) is 5.18. The minimum absolute atomic E-state index is 0.319. The van der Waals surface area contributed by atoms with Gasteiger partial charge in [0.05, 0.1) is 0 Å². The Bertz CT molecular complexity index is 208. The van der Waals surface area contributed by atoms with Gasteiger partial charge in [0.1, 0.15) is 0 Å². The van der Waals surface area contributed by atoms with E-state index in [1.54, 1.807) is 0 Å². The highest BCUT2D eigenvalue weighted by Gasteiger charge is 2.45. The molecule has 0 radical (unpaired) electrons. The molecule has 3 fully saturated rings. The molecule has 3 aliphatic rings. The van der Waals surface area contributed by atoms with Crippen molar-refractivity contribution in [3.63, 3.8) is 0 Å². The Morgan fingerprint density at radius 2 is 1.80 bits per heavy atom. The Balaban J connectivity index is 1.82. The maximum atomic E-state index is 9.05. The second kappa shape index (κ2) is 4.40. The third kappa shape index (κ3) is 2.19. The number of hydrogen-bond donors (Lipinski definition) is 1. The predicted octanol–water partition coefficient (Wildman–Crippen LogP) is 0.782. The fourth-order valence-corrected chi connectivity index (χ4v) is 3.22. The van der Waals surface area contributed by atoms with Gasteiger partial charge in [-0.05, 0) is 26.2 Å². The number of piperidine rings is 1. The Morgan fingerprint density at radius 1 is 1.20 bits per heavy atom. The summed E-state index contributed by atoms with van der Waals surface area (Å²) < 4.78 is 0. The van der Waals surface area contributed by atoms with E-state index in [-0.39, 0.29) is 0 Å². The highest BCUT2D eigenvalue weighted by Crippen LogP contribution is 2.34. The van der Waals surface area contributed by atoms with Crippen molar-refractivity contribution in [2.24, 2.45) is 5.92 Å². The third-order valence-electron chi connectivity index (χ3n) is 3.80. The molecule has 0 saturated carbocycles. The van der Waals surface area contributed by atoms with Gasteiger partial charge in [-0.1, -0.05) is 6.92 Å². The Kier molecular flexibility index (Phi) is 3.33. The molecule has 0 aromatic rings. The van der Waals surface area contributed by atoms with Crippen molar-refractivity contribution < 1.29 is 5.11 Å². The van der Waals surface area contributed by atoms with E-state index < -0.39 is 0 Å². The normalized spacial score (nSPS) is 34.2. The van der Waals surface area contributed by atoms with Crippen molar-refractivity contribution in [1.82, 2.24) is 9.80 Å². The van der Waals surface area contributed by atoms with E-state index >= 15 is 0 Å². The lowest BCUT2D eigenvalue weighted by Crippen LogP contribution is -2.70. The monoisotopic (exact) mass is 212 g/mol. The maximum Gasteiger partial charge on any atom is 0.0468 e. The van der Waals surface area contributed by atoms with Crippen LogP contribution in [0.4, 0.5) is 0 Å². The Morgan fingerprint density at radius 3 is 2.27 bits per heavy atom. The molecule has 3 nitrogen and oxygen atoms in total. The molecule has 3 aliphatic heterocycles. The van der Waals surface area contributed by atoms with Crippen LogP contribution in [0.3, 0.4) is 0 Å². The number of piperazine rings is 1. The third-order valence-corrected chi connectivity index (χ3v) is 3.80. The van der Waals surface area contributed by atoms with E-state index in [4.69, 9.17) is 5.11 Å². The second-order valence-electron chi connectivity index (χ2n) is 5.59. The quantitative estimate of drug-likeness (QED) is 0.746. The molecule has 88 valence electrons. The molecule has 0 spiro atoms. The van der Waals surface area contributed by atoms with Crippen LogP contribution in [0.5, 0.6) is 0 Å². The van der Waals surface area contributed by atoms with Crippen LogP contribution >= 0.6 is 0 Å². The molecular formula is C12H24N2O. The summed E-state index contributed by atoms with van der Waals surface area (Å²) in [5.74, 6) is 0.426.